The molecule has 0 heterocycles. The normalized spacial score (nSPS) is 17.3. The zero-order valence-corrected chi connectivity index (χ0v) is 12.9. The van der Waals surface area contributed by atoms with E-state index in [4.69, 9.17) is 4.74 Å². The first-order valence-electron chi connectivity index (χ1n) is 6.35. The van der Waals surface area contributed by atoms with Crippen molar-refractivity contribution in [1.82, 2.24) is 0 Å². The van der Waals surface area contributed by atoms with E-state index in [1.807, 2.05) is 0 Å². The minimum atomic E-state index is -4.43. The van der Waals surface area contributed by atoms with Gasteiger partial charge in [-0.05, 0) is 19.4 Å². The van der Waals surface area contributed by atoms with E-state index in [0.29, 0.717) is 0 Å². The van der Waals surface area contributed by atoms with Crippen LogP contribution >= 0.6 is 7.60 Å². The summed E-state index contributed by atoms with van der Waals surface area (Å²) in [5, 5.41) is 22.0. The summed E-state index contributed by atoms with van der Waals surface area (Å²) in [7, 11) is -4.43. The van der Waals surface area contributed by atoms with Crippen molar-refractivity contribution in [3.8, 4) is 0 Å². The number of carboxylic acids is 1. The van der Waals surface area contributed by atoms with Crippen molar-refractivity contribution >= 4 is 19.6 Å². The van der Waals surface area contributed by atoms with E-state index in [-0.39, 0.29) is 6.61 Å². The van der Waals surface area contributed by atoms with Crippen LogP contribution < -0.4 is 10.2 Å². The number of benzene rings is 1. The quantitative estimate of drug-likeness (QED) is 0.409. The number of aliphatic imine (C=N–C) groups is 1. The molecule has 22 heavy (non-hydrogen) atoms. The van der Waals surface area contributed by atoms with Gasteiger partial charge in [0.25, 0.3) is 0 Å². The van der Waals surface area contributed by atoms with Gasteiger partial charge >= 0.3 is 7.60 Å². The highest BCUT2D eigenvalue weighted by molar-refractivity contribution is 7.53. The summed E-state index contributed by atoms with van der Waals surface area (Å²) < 4.78 is 21.1. The van der Waals surface area contributed by atoms with Crippen LogP contribution in [0.25, 0.3) is 0 Å². The van der Waals surface area contributed by atoms with Gasteiger partial charge in [-0.3, -0.25) is 14.1 Å². The van der Waals surface area contributed by atoms with E-state index >= 15 is 0 Å². The number of nitrogens with zero attached hydrogens (tertiary/aromatic N) is 1. The molecule has 0 radical (unpaired) electrons. The summed E-state index contributed by atoms with van der Waals surface area (Å²) in [6.07, 6.45) is -2.65. The van der Waals surface area contributed by atoms with Crippen LogP contribution in [0.3, 0.4) is 0 Å². The fourth-order valence-corrected chi connectivity index (χ4v) is 2.30. The summed E-state index contributed by atoms with van der Waals surface area (Å²) in [5.41, 5.74) is 0.729. The molecule has 2 unspecified atom stereocenters. The van der Waals surface area contributed by atoms with E-state index < -0.39 is 31.5 Å². The Morgan fingerprint density at radius 3 is 2.45 bits per heavy atom. The van der Waals surface area contributed by atoms with Gasteiger partial charge < -0.3 is 24.6 Å². The van der Waals surface area contributed by atoms with Crippen molar-refractivity contribution in [2.45, 2.75) is 32.3 Å². The Hall–Kier alpha value is -1.89. The third kappa shape index (κ3) is 5.85. The van der Waals surface area contributed by atoms with Crippen molar-refractivity contribution in [2.24, 2.45) is 4.99 Å². The Balaban J connectivity index is 2.62. The molecule has 0 aliphatic heterocycles. The lowest BCUT2D eigenvalue weighted by Gasteiger charge is -2.22. The average molecular weight is 329 g/mol. The lowest BCUT2D eigenvalue weighted by Crippen LogP contribution is -2.35. The largest absolute Gasteiger partial charge is 0.596 e. The maximum atomic E-state index is 11.8. The second kappa shape index (κ2) is 7.93. The van der Waals surface area contributed by atoms with E-state index in [2.05, 4.69) is 9.52 Å². The van der Waals surface area contributed by atoms with Crippen molar-refractivity contribution in [1.29, 1.82) is 0 Å². The van der Waals surface area contributed by atoms with Crippen LogP contribution in [-0.4, -0.2) is 28.8 Å². The number of hydrogen-bond donors (Lipinski definition) is 1. The molecule has 0 fully saturated rings. The molecule has 1 aromatic carbocycles. The molecule has 0 aromatic heterocycles. The number of rotatable bonds is 7. The van der Waals surface area contributed by atoms with Gasteiger partial charge in [-0.15, -0.1) is 0 Å². The predicted molar refractivity (Wildman–Crippen MR) is 73.5 cm³/mol. The summed E-state index contributed by atoms with van der Waals surface area (Å²) in [6, 6.07) is 8.80. The Kier molecular flexibility index (Phi) is 6.55. The summed E-state index contributed by atoms with van der Waals surface area (Å²) in [6.45, 7) is 2.15. The molecule has 1 rings (SSSR count). The molecular formula is C13H16NO7P-2. The standard InChI is InChI=1S/C13H18NO7P/c1-9(12(15)16)21-22(18,19)10(2)14-13(17)20-8-11-6-4-3-5-7-11/h3-7,9-10H,8H2,1-2H3,(H,14,17)(H,15,16)(H,18,19)/p-2/t9-,10?/m1/s1. The maximum Gasteiger partial charge on any atom is 0.352 e. The Morgan fingerprint density at radius 2 is 1.91 bits per heavy atom. The third-order valence-electron chi connectivity index (χ3n) is 2.61. The van der Waals surface area contributed by atoms with Crippen molar-refractivity contribution in [3.05, 3.63) is 35.9 Å². The fourth-order valence-electron chi connectivity index (χ4n) is 1.34. The zero-order chi connectivity index (χ0) is 16.8. The summed E-state index contributed by atoms with van der Waals surface area (Å²) in [4.78, 5) is 23.4. The van der Waals surface area contributed by atoms with Crippen molar-refractivity contribution in [2.75, 3.05) is 0 Å². The van der Waals surface area contributed by atoms with Crippen LogP contribution in [0, 0.1) is 0 Å². The highest BCUT2D eigenvalue weighted by atomic mass is 31.2. The van der Waals surface area contributed by atoms with Crippen LogP contribution in [0.5, 0.6) is 0 Å². The van der Waals surface area contributed by atoms with E-state index in [0.717, 1.165) is 19.4 Å². The van der Waals surface area contributed by atoms with Gasteiger partial charge in [0.15, 0.2) is 5.78 Å². The zero-order valence-electron chi connectivity index (χ0n) is 12.0. The van der Waals surface area contributed by atoms with Gasteiger partial charge in [-0.25, -0.2) is 0 Å². The monoisotopic (exact) mass is 329 g/mol. The maximum absolute atomic E-state index is 11.8. The molecule has 0 amide bonds. The topological polar surface area (TPSA) is 131 Å². The molecule has 0 aliphatic rings. The van der Waals surface area contributed by atoms with Crippen LogP contribution in [0.2, 0.25) is 0 Å². The minimum Gasteiger partial charge on any atom is -0.596 e. The van der Waals surface area contributed by atoms with Gasteiger partial charge in [0.05, 0.1) is 5.97 Å². The van der Waals surface area contributed by atoms with Gasteiger partial charge in [-0.1, -0.05) is 30.3 Å². The molecule has 0 saturated heterocycles. The molecule has 9 heteroatoms. The summed E-state index contributed by atoms with van der Waals surface area (Å²) >= 11 is 0. The van der Waals surface area contributed by atoms with Gasteiger partial charge in [-0.2, -0.15) is 0 Å². The van der Waals surface area contributed by atoms with E-state index in [1.54, 1.807) is 30.3 Å². The number of ether oxygens (including phenoxy) is 1. The van der Waals surface area contributed by atoms with E-state index in [9.17, 15) is 24.5 Å². The van der Waals surface area contributed by atoms with E-state index in [1.165, 1.54) is 0 Å². The smallest absolute Gasteiger partial charge is 0.352 e. The molecule has 1 aromatic rings. The first-order chi connectivity index (χ1) is 10.2. The molecule has 0 aliphatic carbocycles. The van der Waals surface area contributed by atoms with Crippen LogP contribution in [0.4, 0.5) is 0 Å². The second-order valence-corrected chi connectivity index (χ2v) is 6.52. The number of carboxylic acid groups (broad SMARTS) is 1. The number of carbonyl (C=O) groups excluding carboxylic acids is 1. The molecule has 8 nitrogen and oxygen atoms in total. The molecule has 3 atom stereocenters. The van der Waals surface area contributed by atoms with Gasteiger partial charge in [0.2, 0.25) is 0 Å². The van der Waals surface area contributed by atoms with Crippen LogP contribution in [0.15, 0.2) is 35.3 Å². The second-order valence-electron chi connectivity index (χ2n) is 4.43. The molecule has 0 bridgehead atoms. The molecule has 1 N–H and O–H groups in total. The number of hydrogen-bond acceptors (Lipinski definition) is 7. The lowest BCUT2D eigenvalue weighted by molar-refractivity contribution is -0.313. The number of aliphatic carboxylic acids is 1. The average Bonchev–Trinajstić information content (AvgIpc) is 2.45. The first-order valence-corrected chi connectivity index (χ1v) is 8.00. The molecular weight excluding hydrogens is 313 g/mol. The molecule has 0 saturated carbocycles. The van der Waals surface area contributed by atoms with Crippen LogP contribution in [0.1, 0.15) is 19.4 Å². The fraction of sp³-hybridized carbons (Fsp3) is 0.385. The highest BCUT2D eigenvalue weighted by Gasteiger charge is 2.30. The third-order valence-corrected chi connectivity index (χ3v) is 4.29. The molecule has 122 valence electrons. The highest BCUT2D eigenvalue weighted by Crippen LogP contribution is 2.49. The Labute approximate surface area is 127 Å². The van der Waals surface area contributed by atoms with Crippen molar-refractivity contribution in [3.63, 3.8) is 0 Å². The SMILES string of the molecule is CC(N=C([O-])OCc1ccccc1)P(=O)(O)O[C@H](C)C(=O)[O-]. The molecule has 0 spiro atoms. The lowest BCUT2D eigenvalue weighted by atomic mass is 10.2. The van der Waals surface area contributed by atoms with Gasteiger partial charge in [0, 0.05) is 6.61 Å². The number of carbonyl (C=O) groups is 1. The van der Waals surface area contributed by atoms with Crippen LogP contribution in [-0.2, 0) is 25.2 Å². The first kappa shape index (κ1) is 18.2. The predicted octanol–water partition coefficient (Wildman–Crippen LogP) is -0.394. The van der Waals surface area contributed by atoms with Gasteiger partial charge in [0.1, 0.15) is 12.2 Å². The van der Waals surface area contributed by atoms with Crippen molar-refractivity contribution < 1.29 is 33.7 Å². The summed E-state index contributed by atoms with van der Waals surface area (Å²) in [5.74, 6) is -3.11. The minimum absolute atomic E-state index is 0.0398. The Bertz CT molecular complexity index is 575. The Morgan fingerprint density at radius 1 is 1.32 bits per heavy atom.